The Morgan fingerprint density at radius 1 is 1.50 bits per heavy atom. The normalized spacial score (nSPS) is 10.3. The van der Waals surface area contributed by atoms with Crippen molar-refractivity contribution in [3.63, 3.8) is 0 Å². The van der Waals surface area contributed by atoms with Gasteiger partial charge in [0.2, 0.25) is 5.91 Å². The number of tetrazole rings is 1. The van der Waals surface area contributed by atoms with Gasteiger partial charge in [-0.15, -0.1) is 5.10 Å². The fourth-order valence-corrected chi connectivity index (χ4v) is 1.37. The summed E-state index contributed by atoms with van der Waals surface area (Å²) in [5.41, 5.74) is 5.86. The number of carbonyl (C=O) groups is 1. The fraction of sp³-hybridized carbons (Fsp3) is 0.200. The second kappa shape index (κ2) is 5.32. The van der Waals surface area contributed by atoms with Crippen molar-refractivity contribution in [2.24, 2.45) is 5.73 Å². The summed E-state index contributed by atoms with van der Waals surface area (Å²) in [4.78, 5) is 11.4. The molecule has 0 saturated heterocycles. The van der Waals surface area contributed by atoms with Crippen molar-refractivity contribution in [1.29, 1.82) is 0 Å². The van der Waals surface area contributed by atoms with Crippen LogP contribution in [0.2, 0.25) is 0 Å². The topological polar surface area (TPSA) is 98.7 Å². The zero-order valence-corrected chi connectivity index (χ0v) is 9.38. The summed E-state index contributed by atoms with van der Waals surface area (Å²) in [6, 6.07) is 4.18. The van der Waals surface area contributed by atoms with E-state index in [2.05, 4.69) is 20.8 Å². The number of rotatable bonds is 4. The molecule has 0 atom stereocenters. The van der Waals surface area contributed by atoms with Gasteiger partial charge in [-0.1, -0.05) is 0 Å². The minimum atomic E-state index is -0.530. The molecular formula is C10H11FN6O. The van der Waals surface area contributed by atoms with Gasteiger partial charge in [0.15, 0.2) is 0 Å². The van der Waals surface area contributed by atoms with Crippen LogP contribution < -0.4 is 11.1 Å². The molecule has 2 rings (SSSR count). The van der Waals surface area contributed by atoms with Gasteiger partial charge in [0.25, 0.3) is 0 Å². The molecule has 0 bridgehead atoms. The van der Waals surface area contributed by atoms with Gasteiger partial charge in [-0.2, -0.15) is 0 Å². The Kier molecular flexibility index (Phi) is 3.58. The number of amides is 1. The molecule has 2 aromatic rings. The summed E-state index contributed by atoms with van der Waals surface area (Å²) in [6.45, 7) is 0.208. The highest BCUT2D eigenvalue weighted by Crippen LogP contribution is 2.18. The minimum Gasteiger partial charge on any atom is -0.330 e. The van der Waals surface area contributed by atoms with E-state index in [1.807, 2.05) is 0 Å². The number of nitrogens with zero attached hydrogens (tertiary/aromatic N) is 4. The van der Waals surface area contributed by atoms with Crippen molar-refractivity contribution in [2.45, 2.75) is 6.42 Å². The van der Waals surface area contributed by atoms with E-state index >= 15 is 0 Å². The van der Waals surface area contributed by atoms with Gasteiger partial charge in [-0.3, -0.25) is 4.79 Å². The van der Waals surface area contributed by atoms with E-state index in [9.17, 15) is 9.18 Å². The number of anilines is 1. The molecule has 1 heterocycles. The van der Waals surface area contributed by atoms with Crippen molar-refractivity contribution in [3.05, 3.63) is 30.3 Å². The SMILES string of the molecule is NCCC(=O)Nc1cc(-n2cnnn2)ccc1F. The Labute approximate surface area is 102 Å². The molecule has 94 valence electrons. The zero-order valence-electron chi connectivity index (χ0n) is 9.38. The summed E-state index contributed by atoms with van der Waals surface area (Å²) in [5, 5.41) is 13.1. The van der Waals surface area contributed by atoms with Crippen LogP contribution >= 0.6 is 0 Å². The van der Waals surface area contributed by atoms with Crippen LogP contribution in [0, 0.1) is 5.82 Å². The molecule has 0 unspecified atom stereocenters. The maximum atomic E-state index is 13.5. The number of aromatic nitrogens is 4. The largest absolute Gasteiger partial charge is 0.330 e. The summed E-state index contributed by atoms with van der Waals surface area (Å²) in [5.74, 6) is -0.873. The predicted molar refractivity (Wildman–Crippen MR) is 61.4 cm³/mol. The van der Waals surface area contributed by atoms with Gasteiger partial charge in [0.05, 0.1) is 11.4 Å². The number of nitrogens with two attached hydrogens (primary N) is 1. The lowest BCUT2D eigenvalue weighted by atomic mass is 10.2. The predicted octanol–water partition coefficient (Wildman–Crippen LogP) is 0.0887. The lowest BCUT2D eigenvalue weighted by molar-refractivity contribution is -0.116. The number of nitrogens with one attached hydrogen (secondary N) is 1. The first-order valence-electron chi connectivity index (χ1n) is 5.23. The molecule has 0 aliphatic carbocycles. The van der Waals surface area contributed by atoms with Crippen LogP contribution in [-0.4, -0.2) is 32.7 Å². The molecule has 8 heteroatoms. The monoisotopic (exact) mass is 250 g/mol. The van der Waals surface area contributed by atoms with Crippen molar-refractivity contribution in [2.75, 3.05) is 11.9 Å². The molecule has 18 heavy (non-hydrogen) atoms. The number of halogens is 1. The first-order chi connectivity index (χ1) is 8.70. The van der Waals surface area contributed by atoms with Gasteiger partial charge >= 0.3 is 0 Å². The summed E-state index contributed by atoms with van der Waals surface area (Å²) < 4.78 is 14.9. The third-order valence-corrected chi connectivity index (χ3v) is 2.21. The average molecular weight is 250 g/mol. The van der Waals surface area contributed by atoms with E-state index < -0.39 is 5.82 Å². The van der Waals surface area contributed by atoms with E-state index in [0.717, 1.165) is 0 Å². The van der Waals surface area contributed by atoms with Gasteiger partial charge in [-0.25, -0.2) is 9.07 Å². The Morgan fingerprint density at radius 2 is 2.33 bits per heavy atom. The molecule has 0 fully saturated rings. The molecule has 1 aromatic heterocycles. The number of hydrogen-bond donors (Lipinski definition) is 2. The van der Waals surface area contributed by atoms with E-state index in [-0.39, 0.29) is 24.6 Å². The highest BCUT2D eigenvalue weighted by molar-refractivity contribution is 5.91. The molecule has 3 N–H and O–H groups in total. The lowest BCUT2D eigenvalue weighted by Gasteiger charge is -2.07. The Balaban J connectivity index is 2.24. The molecule has 7 nitrogen and oxygen atoms in total. The van der Waals surface area contributed by atoms with Gasteiger partial charge in [0, 0.05) is 13.0 Å². The zero-order chi connectivity index (χ0) is 13.0. The molecule has 1 amide bonds. The molecule has 1 aromatic carbocycles. The lowest BCUT2D eigenvalue weighted by Crippen LogP contribution is -2.17. The number of hydrogen-bond acceptors (Lipinski definition) is 5. The van der Waals surface area contributed by atoms with Gasteiger partial charge in [-0.05, 0) is 28.6 Å². The number of benzene rings is 1. The smallest absolute Gasteiger partial charge is 0.225 e. The van der Waals surface area contributed by atoms with Crippen LogP contribution in [0.3, 0.4) is 0 Å². The minimum absolute atomic E-state index is 0.0708. The van der Waals surface area contributed by atoms with Crippen molar-refractivity contribution >= 4 is 11.6 Å². The van der Waals surface area contributed by atoms with Crippen LogP contribution in [0.1, 0.15) is 6.42 Å². The molecular weight excluding hydrogens is 239 g/mol. The summed E-state index contributed by atoms with van der Waals surface area (Å²) in [7, 11) is 0. The standard InChI is InChI=1S/C10H11FN6O/c11-8-2-1-7(17-6-13-15-16-17)5-9(8)14-10(18)3-4-12/h1-2,5-6H,3-4,12H2,(H,14,18). The molecule has 0 spiro atoms. The molecule has 0 aliphatic heterocycles. The molecule has 0 radical (unpaired) electrons. The summed E-state index contributed by atoms with van der Waals surface area (Å²) in [6.07, 6.45) is 1.51. The second-order valence-corrected chi connectivity index (χ2v) is 3.51. The van der Waals surface area contributed by atoms with E-state index in [0.29, 0.717) is 5.69 Å². The Morgan fingerprint density at radius 3 is 3.00 bits per heavy atom. The Bertz CT molecular complexity index is 541. The summed E-state index contributed by atoms with van der Waals surface area (Å²) >= 11 is 0. The van der Waals surface area contributed by atoms with Crippen molar-refractivity contribution < 1.29 is 9.18 Å². The third kappa shape index (κ3) is 2.66. The quantitative estimate of drug-likeness (QED) is 0.801. The fourth-order valence-electron chi connectivity index (χ4n) is 1.37. The maximum absolute atomic E-state index is 13.5. The second-order valence-electron chi connectivity index (χ2n) is 3.51. The average Bonchev–Trinajstić information content (AvgIpc) is 2.86. The first-order valence-corrected chi connectivity index (χ1v) is 5.23. The highest BCUT2D eigenvalue weighted by Gasteiger charge is 2.08. The van der Waals surface area contributed by atoms with Gasteiger partial charge < -0.3 is 11.1 Å². The van der Waals surface area contributed by atoms with Crippen LogP contribution in [-0.2, 0) is 4.79 Å². The van der Waals surface area contributed by atoms with E-state index in [1.54, 1.807) is 0 Å². The third-order valence-electron chi connectivity index (χ3n) is 2.21. The Hall–Kier alpha value is -2.35. The van der Waals surface area contributed by atoms with Crippen molar-refractivity contribution in [3.8, 4) is 5.69 Å². The van der Waals surface area contributed by atoms with Crippen LogP contribution in [0.25, 0.3) is 5.69 Å². The van der Waals surface area contributed by atoms with Crippen LogP contribution in [0.5, 0.6) is 0 Å². The molecule has 0 saturated carbocycles. The van der Waals surface area contributed by atoms with Crippen LogP contribution in [0.15, 0.2) is 24.5 Å². The first kappa shape index (κ1) is 12.1. The van der Waals surface area contributed by atoms with Crippen molar-refractivity contribution in [1.82, 2.24) is 20.2 Å². The maximum Gasteiger partial charge on any atom is 0.225 e. The van der Waals surface area contributed by atoms with Gasteiger partial charge in [0.1, 0.15) is 12.1 Å². The van der Waals surface area contributed by atoms with E-state index in [4.69, 9.17) is 5.73 Å². The van der Waals surface area contributed by atoms with E-state index in [1.165, 1.54) is 29.2 Å². The highest BCUT2D eigenvalue weighted by atomic mass is 19.1. The van der Waals surface area contributed by atoms with Crippen LogP contribution in [0.4, 0.5) is 10.1 Å². The number of carbonyl (C=O) groups excluding carboxylic acids is 1. The molecule has 0 aliphatic rings.